The first kappa shape index (κ1) is 104. The van der Waals surface area contributed by atoms with Crippen LogP contribution in [0.25, 0.3) is 0 Å². The van der Waals surface area contributed by atoms with E-state index in [0.29, 0.717) is 0 Å². The van der Waals surface area contributed by atoms with Gasteiger partial charge in [0.05, 0.1) is 18.7 Å². The summed E-state index contributed by atoms with van der Waals surface area (Å²) in [6.07, 6.45) is -8.38. The van der Waals surface area contributed by atoms with Crippen LogP contribution in [0.15, 0.2) is 0 Å². The number of aliphatic carboxylic acids is 2. The summed E-state index contributed by atoms with van der Waals surface area (Å²) in [4.78, 5) is 18.2. The number of hydrogen-bond donors (Lipinski definition) is 6. The van der Waals surface area contributed by atoms with Gasteiger partial charge in [0.25, 0.3) is 0 Å². The van der Waals surface area contributed by atoms with Gasteiger partial charge in [-0.1, -0.05) is 0 Å². The Kier molecular flexibility index (Phi) is 187. The zero-order chi connectivity index (χ0) is 18.0. The van der Waals surface area contributed by atoms with Crippen LogP contribution < -0.4 is 225 Å². The summed E-state index contributed by atoms with van der Waals surface area (Å²) in [5, 5.41) is 70.9. The smallest absolute Gasteiger partial charge is 1.00 e. The predicted octanol–water partition coefficient (Wildman–Crippen LogP) is -38.7. The third-order valence-corrected chi connectivity index (χ3v) is 2.21. The van der Waals surface area contributed by atoms with Crippen LogP contribution in [-0.4, -0.2) is 158 Å². The minimum absolute atomic E-state index is 0. The number of carbonyl (C=O) groups excluding carboxylic acids is 2. The maximum absolute atomic E-state index is 9.34. The van der Waals surface area contributed by atoms with Crippen molar-refractivity contribution < 1.29 is 281 Å². The van der Waals surface area contributed by atoms with Crippen molar-refractivity contribution in [2.75, 3.05) is 6.61 Å². The Balaban J connectivity index is -0.0000000109. The largest absolute Gasteiger partial charge is 2.00 e. The van der Waals surface area contributed by atoms with Crippen molar-refractivity contribution in [3.8, 4) is 0 Å². The van der Waals surface area contributed by atoms with E-state index in [-0.39, 0.29) is 286 Å². The Bertz CT molecular complexity index is 381. The summed E-state index contributed by atoms with van der Waals surface area (Å²) in [7, 11) is 0. The monoisotopic (exact) mass is 746 g/mol. The van der Waals surface area contributed by atoms with E-state index in [9.17, 15) is 9.90 Å². The fourth-order valence-corrected chi connectivity index (χ4v) is 1.08. The summed E-state index contributed by atoms with van der Waals surface area (Å²) >= 11 is 0. The van der Waals surface area contributed by atoms with Gasteiger partial charge in [-0.25, -0.2) is 0 Å². The molecule has 1 heterocycles. The van der Waals surface area contributed by atoms with Gasteiger partial charge in [0.15, 0.2) is 6.29 Å². The van der Waals surface area contributed by atoms with E-state index in [1.807, 2.05) is 0 Å². The Morgan fingerprint density at radius 3 is 1.22 bits per heavy atom. The zero-order valence-electron chi connectivity index (χ0n) is 20.6. The van der Waals surface area contributed by atoms with Gasteiger partial charge < -0.3 is 141 Å². The normalized spacial score (nSPS) is 19.4. The van der Waals surface area contributed by atoms with E-state index in [4.69, 9.17) is 40.5 Å². The first-order chi connectivity index (χ1) is 9.95. The number of hydrogen-bond acceptors (Lipinski definition) is 11. The summed E-state index contributed by atoms with van der Waals surface area (Å²) in [5.74, 6) is -2.52. The molecular formula is C11H24CaCl6KMgNa3O13. The van der Waals surface area contributed by atoms with Crippen molar-refractivity contribution >= 4 is 72.7 Å². The Morgan fingerprint density at radius 2 is 1.06 bits per heavy atom. The molecule has 6 unspecified atom stereocenters. The van der Waals surface area contributed by atoms with Gasteiger partial charge in [-0.2, -0.15) is 0 Å². The van der Waals surface area contributed by atoms with E-state index in [0.717, 1.165) is 13.8 Å². The molecule has 10 N–H and O–H groups in total. The number of carboxylic acids is 2. The van der Waals surface area contributed by atoms with Crippen LogP contribution in [0.5, 0.6) is 0 Å². The number of rotatable bonds is 2. The van der Waals surface area contributed by atoms with Gasteiger partial charge in [0.2, 0.25) is 0 Å². The molecule has 13 nitrogen and oxygen atoms in total. The van der Waals surface area contributed by atoms with Crippen molar-refractivity contribution in [2.24, 2.45) is 0 Å². The molecule has 0 amide bonds. The molecule has 0 bridgehead atoms. The molecule has 25 heteroatoms. The molecule has 1 fully saturated rings. The van der Waals surface area contributed by atoms with Gasteiger partial charge in [0.1, 0.15) is 24.4 Å². The second-order valence-electron chi connectivity index (χ2n) is 4.21. The summed E-state index contributed by atoms with van der Waals surface area (Å²) in [5.41, 5.74) is 0. The quantitative estimate of drug-likeness (QED) is 0.144. The minimum atomic E-state index is -1.57. The zero-order valence-corrected chi connectivity index (χ0v) is 37.9. The molecule has 1 aliphatic rings. The van der Waals surface area contributed by atoms with Gasteiger partial charge in [0, 0.05) is 5.97 Å². The average Bonchev–Trinajstić information content (AvgIpc) is 2.40. The molecule has 0 aromatic rings. The topological polar surface area (TPSA) is 274 Å². The van der Waals surface area contributed by atoms with E-state index < -0.39 is 55.4 Å². The van der Waals surface area contributed by atoms with Crippen molar-refractivity contribution in [3.05, 3.63) is 0 Å². The molecule has 196 valence electrons. The molecule has 1 rings (SSSR count). The second-order valence-corrected chi connectivity index (χ2v) is 4.21. The van der Waals surface area contributed by atoms with E-state index in [2.05, 4.69) is 4.74 Å². The summed E-state index contributed by atoms with van der Waals surface area (Å²) in [6.45, 7) is 1.58. The third-order valence-electron chi connectivity index (χ3n) is 2.21. The summed E-state index contributed by atoms with van der Waals surface area (Å²) in [6, 6.07) is 0. The Morgan fingerprint density at radius 1 is 0.833 bits per heavy atom. The van der Waals surface area contributed by atoms with Crippen LogP contribution in [-0.2, 0) is 14.3 Å². The molecule has 0 aliphatic carbocycles. The average molecular weight is 749 g/mol. The van der Waals surface area contributed by atoms with Crippen LogP contribution in [0, 0.1) is 0 Å². The van der Waals surface area contributed by atoms with Crippen molar-refractivity contribution in [1.82, 2.24) is 0 Å². The molecule has 0 aromatic heterocycles. The first-order valence-corrected chi connectivity index (χ1v) is 6.00. The number of halogens is 6. The van der Waals surface area contributed by atoms with Gasteiger partial charge >= 0.3 is 201 Å². The number of ether oxygens (including phenoxy) is 1. The molecule has 0 aromatic carbocycles. The van der Waals surface area contributed by atoms with E-state index in [1.165, 1.54) is 0 Å². The molecule has 1 saturated heterocycles. The van der Waals surface area contributed by atoms with Gasteiger partial charge in [-0.15, -0.1) is 0 Å². The molecule has 0 radical (unpaired) electrons. The molecule has 0 spiro atoms. The van der Waals surface area contributed by atoms with Crippen molar-refractivity contribution in [1.29, 1.82) is 0 Å². The first-order valence-electron chi connectivity index (χ1n) is 6.00. The molecular weight excluding hydrogens is 725 g/mol. The van der Waals surface area contributed by atoms with E-state index in [1.54, 1.807) is 0 Å². The fourth-order valence-electron chi connectivity index (χ4n) is 1.08. The number of carboxylic acid groups (broad SMARTS) is 2. The van der Waals surface area contributed by atoms with Crippen LogP contribution in [0.3, 0.4) is 0 Å². The SMILES string of the molecule is CC(=O)[O-].CC(O)C(=O)[O-].O.O.OCC1OC(O)C(O)C(O)C1O.[Ca+2].[Cl-].[Cl-].[Cl-].[Cl-].[Cl-].[Cl-].[K+].[Mg+2].[Na+].[Na+].[Na+]. The van der Waals surface area contributed by atoms with Crippen LogP contribution in [0.4, 0.5) is 0 Å². The van der Waals surface area contributed by atoms with Crippen molar-refractivity contribution in [2.45, 2.75) is 50.7 Å². The number of carbonyl (C=O) groups is 2. The Hall–Kier alpha value is 6.98. The molecule has 36 heavy (non-hydrogen) atoms. The number of aliphatic hydroxyl groups is 6. The van der Waals surface area contributed by atoms with Gasteiger partial charge in [-0.05, 0) is 13.8 Å². The summed E-state index contributed by atoms with van der Waals surface area (Å²) < 4.78 is 4.58. The Labute approximate surface area is 402 Å². The van der Waals surface area contributed by atoms with E-state index >= 15 is 0 Å². The molecule has 0 saturated carbocycles. The minimum Gasteiger partial charge on any atom is -1.00 e. The second kappa shape index (κ2) is 64.8. The molecule has 1 aliphatic heterocycles. The van der Waals surface area contributed by atoms with Crippen molar-refractivity contribution in [3.63, 3.8) is 0 Å². The fraction of sp³-hybridized carbons (Fsp3) is 0.818. The van der Waals surface area contributed by atoms with Crippen LogP contribution in [0.2, 0.25) is 0 Å². The maximum atomic E-state index is 9.34. The predicted molar refractivity (Wildman–Crippen MR) is 82.1 cm³/mol. The molecule has 6 atom stereocenters. The standard InChI is InChI=1S/C6H12O6.C3H6O3.C2H4O2.Ca.6ClH.K.Mg.3Na.2H2O/c7-1-2-3(8)4(9)5(10)6(11)12-2;1-2(4)3(5)6;1-2(3)4;;;;;;;;;;;;;;/h2-11H,1H2;2,4H,1H3,(H,5,6);1H3,(H,3,4);;6*1H;;;;;;2*1H2/q;;;+2;;;;;;;+1;+2;3*+1;;/p-8. The number of aliphatic hydroxyl groups excluding tert-OH is 6. The third kappa shape index (κ3) is 60.2. The van der Waals surface area contributed by atoms with Gasteiger partial charge in [-0.3, -0.25) is 0 Å². The van der Waals surface area contributed by atoms with Crippen LogP contribution >= 0.6 is 0 Å². The van der Waals surface area contributed by atoms with Crippen LogP contribution in [0.1, 0.15) is 13.8 Å². The maximum Gasteiger partial charge on any atom is 2.00 e.